The third-order valence-electron chi connectivity index (χ3n) is 2.89. The minimum Gasteiger partial charge on any atom is -0.491 e. The highest BCUT2D eigenvalue weighted by molar-refractivity contribution is 9.10. The number of rotatable bonds is 7. The lowest BCUT2D eigenvalue weighted by Crippen LogP contribution is -2.25. The van der Waals surface area contributed by atoms with Gasteiger partial charge in [0.2, 0.25) is 0 Å². The number of halogens is 2. The maximum Gasteiger partial charge on any atom is 0.156 e. The van der Waals surface area contributed by atoms with E-state index in [1.165, 1.54) is 0 Å². The molecule has 0 aromatic heterocycles. The number of hydrogen-bond donors (Lipinski definition) is 1. The van der Waals surface area contributed by atoms with Gasteiger partial charge in [0, 0.05) is 18.7 Å². The van der Waals surface area contributed by atoms with Crippen LogP contribution >= 0.6 is 27.5 Å². The van der Waals surface area contributed by atoms with Gasteiger partial charge in [-0.15, -0.1) is 0 Å². The Morgan fingerprint density at radius 2 is 2.05 bits per heavy atom. The molecule has 3 nitrogen and oxygen atoms in total. The monoisotopic (exact) mass is 349 g/mol. The minimum absolute atomic E-state index is 0.144. The van der Waals surface area contributed by atoms with Gasteiger partial charge in [0.1, 0.15) is 0 Å². The molecule has 0 unspecified atom stereocenters. The van der Waals surface area contributed by atoms with Crippen LogP contribution in [0, 0.1) is 0 Å². The molecule has 5 heteroatoms. The van der Waals surface area contributed by atoms with Gasteiger partial charge in [-0.25, -0.2) is 0 Å². The van der Waals surface area contributed by atoms with Crippen LogP contribution < -0.4 is 10.1 Å². The van der Waals surface area contributed by atoms with E-state index in [2.05, 4.69) is 35.1 Å². The van der Waals surface area contributed by atoms with Crippen molar-refractivity contribution >= 4 is 33.2 Å². The first-order valence-electron chi connectivity index (χ1n) is 6.30. The van der Waals surface area contributed by atoms with Crippen molar-refractivity contribution in [3.05, 3.63) is 21.6 Å². The lowest BCUT2D eigenvalue weighted by atomic mass is 10.1. The summed E-state index contributed by atoms with van der Waals surface area (Å²) in [6, 6.07) is 3.70. The van der Waals surface area contributed by atoms with Crippen LogP contribution in [0.5, 0.6) is 5.75 Å². The highest BCUT2D eigenvalue weighted by Gasteiger charge is 2.16. The van der Waals surface area contributed by atoms with Crippen LogP contribution in [0.25, 0.3) is 0 Å². The highest BCUT2D eigenvalue weighted by atomic mass is 79.9. The van der Waals surface area contributed by atoms with Crippen LogP contribution in [0.1, 0.15) is 27.2 Å². The summed E-state index contributed by atoms with van der Waals surface area (Å²) in [6.07, 6.45) is 0.888. The zero-order valence-electron chi connectivity index (χ0n) is 11.8. The van der Waals surface area contributed by atoms with Crippen molar-refractivity contribution in [1.29, 1.82) is 0 Å². The second-order valence-corrected chi connectivity index (χ2v) is 6.13. The normalized spacial score (nSPS) is 11.5. The van der Waals surface area contributed by atoms with E-state index < -0.39 is 0 Å². The van der Waals surface area contributed by atoms with E-state index in [-0.39, 0.29) is 5.60 Å². The molecule has 0 fully saturated rings. The topological polar surface area (TPSA) is 30.5 Å². The molecule has 0 spiro atoms. The summed E-state index contributed by atoms with van der Waals surface area (Å²) in [6.45, 7) is 7.48. The van der Waals surface area contributed by atoms with Gasteiger partial charge in [-0.05, 0) is 55.3 Å². The van der Waals surface area contributed by atoms with Crippen molar-refractivity contribution in [1.82, 2.24) is 0 Å². The van der Waals surface area contributed by atoms with Gasteiger partial charge in [-0.2, -0.15) is 0 Å². The predicted molar refractivity (Wildman–Crippen MR) is 84.5 cm³/mol. The van der Waals surface area contributed by atoms with Gasteiger partial charge in [0.15, 0.2) is 5.75 Å². The van der Waals surface area contributed by atoms with Crippen LogP contribution in [-0.2, 0) is 4.74 Å². The van der Waals surface area contributed by atoms with Crippen molar-refractivity contribution < 1.29 is 9.47 Å². The lowest BCUT2D eigenvalue weighted by Gasteiger charge is -2.23. The third kappa shape index (κ3) is 5.21. The van der Waals surface area contributed by atoms with E-state index in [9.17, 15) is 0 Å². The Kier molecular flexibility index (Phi) is 6.43. The van der Waals surface area contributed by atoms with Crippen LogP contribution in [0.2, 0.25) is 5.02 Å². The largest absolute Gasteiger partial charge is 0.491 e. The zero-order valence-corrected chi connectivity index (χ0v) is 14.2. The number of anilines is 1. The van der Waals surface area contributed by atoms with Crippen molar-refractivity contribution in [2.45, 2.75) is 32.8 Å². The van der Waals surface area contributed by atoms with Gasteiger partial charge in [-0.3, -0.25) is 0 Å². The maximum absolute atomic E-state index is 6.07. The molecule has 0 radical (unpaired) electrons. The number of hydrogen-bond acceptors (Lipinski definition) is 3. The maximum atomic E-state index is 6.07. The quantitative estimate of drug-likeness (QED) is 0.771. The Balaban J connectivity index is 2.76. The van der Waals surface area contributed by atoms with Crippen LogP contribution in [0.15, 0.2) is 16.6 Å². The second kappa shape index (κ2) is 7.36. The SMILES string of the molecule is CCOc1c(Br)cc(Cl)cc1NCCC(C)(C)OC. The van der Waals surface area contributed by atoms with E-state index in [0.717, 1.165) is 28.9 Å². The molecule has 0 atom stereocenters. The average molecular weight is 351 g/mol. The van der Waals surface area contributed by atoms with E-state index in [1.54, 1.807) is 7.11 Å². The Labute approximate surface area is 128 Å². The summed E-state index contributed by atoms with van der Waals surface area (Å²) in [7, 11) is 1.72. The summed E-state index contributed by atoms with van der Waals surface area (Å²) in [5.41, 5.74) is 0.752. The molecule has 0 aliphatic rings. The molecular weight excluding hydrogens is 330 g/mol. The van der Waals surface area contributed by atoms with Crippen molar-refractivity contribution in [3.8, 4) is 5.75 Å². The Bertz CT molecular complexity index is 424. The predicted octanol–water partition coefficient (Wildman–Crippen LogP) is 4.73. The summed E-state index contributed by atoms with van der Waals surface area (Å²) in [5.74, 6) is 0.794. The second-order valence-electron chi connectivity index (χ2n) is 4.84. The molecule has 0 saturated carbocycles. The van der Waals surface area contributed by atoms with Gasteiger partial charge < -0.3 is 14.8 Å². The van der Waals surface area contributed by atoms with Gasteiger partial charge in [-0.1, -0.05) is 11.6 Å². The molecule has 1 aromatic carbocycles. The van der Waals surface area contributed by atoms with E-state index in [0.29, 0.717) is 11.6 Å². The number of nitrogens with one attached hydrogen (secondary N) is 1. The minimum atomic E-state index is -0.144. The van der Waals surface area contributed by atoms with Gasteiger partial charge in [0.05, 0.1) is 22.4 Å². The number of methoxy groups -OCH3 is 1. The zero-order chi connectivity index (χ0) is 14.5. The van der Waals surface area contributed by atoms with E-state index >= 15 is 0 Å². The highest BCUT2D eigenvalue weighted by Crippen LogP contribution is 2.36. The number of ether oxygens (including phenoxy) is 2. The first-order chi connectivity index (χ1) is 8.89. The molecule has 0 saturated heterocycles. The third-order valence-corrected chi connectivity index (χ3v) is 3.70. The standard InChI is InChI=1S/C14H21BrClNO2/c1-5-19-13-11(15)8-10(16)9-12(13)17-7-6-14(2,3)18-4/h8-9,17H,5-7H2,1-4H3. The van der Waals surface area contributed by atoms with E-state index in [4.69, 9.17) is 21.1 Å². The average Bonchev–Trinajstić information content (AvgIpc) is 2.33. The smallest absolute Gasteiger partial charge is 0.156 e. The van der Waals surface area contributed by atoms with E-state index in [1.807, 2.05) is 19.1 Å². The first kappa shape index (κ1) is 16.6. The van der Waals surface area contributed by atoms with Crippen LogP contribution in [0.4, 0.5) is 5.69 Å². The van der Waals surface area contributed by atoms with Crippen molar-refractivity contribution in [2.24, 2.45) is 0 Å². The fraction of sp³-hybridized carbons (Fsp3) is 0.571. The first-order valence-corrected chi connectivity index (χ1v) is 7.47. The molecule has 1 aromatic rings. The molecule has 0 bridgehead atoms. The Hall–Kier alpha value is -0.450. The van der Waals surface area contributed by atoms with Crippen LogP contribution in [-0.4, -0.2) is 25.9 Å². The molecule has 0 aliphatic heterocycles. The number of benzene rings is 1. The summed E-state index contributed by atoms with van der Waals surface area (Å²) in [4.78, 5) is 0. The Morgan fingerprint density at radius 1 is 1.37 bits per heavy atom. The van der Waals surface area contributed by atoms with Crippen molar-refractivity contribution in [3.63, 3.8) is 0 Å². The molecule has 19 heavy (non-hydrogen) atoms. The fourth-order valence-electron chi connectivity index (χ4n) is 1.58. The molecule has 108 valence electrons. The summed E-state index contributed by atoms with van der Waals surface area (Å²) in [5, 5.41) is 4.02. The molecule has 1 rings (SSSR count). The Morgan fingerprint density at radius 3 is 2.63 bits per heavy atom. The molecule has 1 N–H and O–H groups in total. The molecule has 0 heterocycles. The molecular formula is C14H21BrClNO2. The summed E-state index contributed by atoms with van der Waals surface area (Å²) >= 11 is 9.54. The lowest BCUT2D eigenvalue weighted by molar-refractivity contribution is 0.0185. The van der Waals surface area contributed by atoms with Crippen molar-refractivity contribution in [2.75, 3.05) is 25.6 Å². The van der Waals surface area contributed by atoms with Gasteiger partial charge in [0.25, 0.3) is 0 Å². The van der Waals surface area contributed by atoms with Gasteiger partial charge >= 0.3 is 0 Å². The fourth-order valence-corrected chi connectivity index (χ4v) is 2.51. The molecule has 0 aliphatic carbocycles. The molecule has 0 amide bonds. The summed E-state index contributed by atoms with van der Waals surface area (Å²) < 4.78 is 11.9. The van der Waals surface area contributed by atoms with Crippen LogP contribution in [0.3, 0.4) is 0 Å².